The molecule has 0 fully saturated rings. The molecule has 1 heterocycles. The summed E-state index contributed by atoms with van der Waals surface area (Å²) in [4.78, 5) is 23.9. The lowest BCUT2D eigenvalue weighted by atomic mass is 10.1. The second kappa shape index (κ2) is 13.6. The molecule has 0 saturated heterocycles. The van der Waals surface area contributed by atoms with Crippen LogP contribution in [0.1, 0.15) is 46.0 Å². The lowest BCUT2D eigenvalue weighted by molar-refractivity contribution is -0.116. The molecule has 2 atom stereocenters. The fraction of sp³-hybridized carbons (Fsp3) is 0.214. The van der Waals surface area contributed by atoms with Crippen LogP contribution >= 0.6 is 0 Å². The van der Waals surface area contributed by atoms with Crippen LogP contribution in [0.3, 0.4) is 0 Å². The van der Waals surface area contributed by atoms with Gasteiger partial charge in [-0.05, 0) is 46.2 Å². The summed E-state index contributed by atoms with van der Waals surface area (Å²) in [5.74, 6) is 8.31. The minimum absolute atomic E-state index is 0.0268. The van der Waals surface area contributed by atoms with Gasteiger partial charge in [0.15, 0.2) is 12.2 Å². The second-order valence-electron chi connectivity index (χ2n) is 7.99. The minimum atomic E-state index is -1.39. The van der Waals surface area contributed by atoms with Crippen LogP contribution in [0.5, 0.6) is 0 Å². The fourth-order valence-corrected chi connectivity index (χ4v) is 3.11. The van der Waals surface area contributed by atoms with Gasteiger partial charge < -0.3 is 36.7 Å². The number of benzene rings is 2. The van der Waals surface area contributed by atoms with Gasteiger partial charge in [-0.15, -0.1) is 0 Å². The molecule has 1 aromatic heterocycles. The number of hydrogen-bond acceptors (Lipinski definition) is 7. The maximum Gasteiger partial charge on any atom is 0.296 e. The van der Waals surface area contributed by atoms with Crippen molar-refractivity contribution in [3.8, 4) is 23.7 Å². The summed E-state index contributed by atoms with van der Waals surface area (Å²) in [5.41, 5.74) is 14.9. The van der Waals surface area contributed by atoms with E-state index in [0.717, 1.165) is 22.3 Å². The second-order valence-corrected chi connectivity index (χ2v) is 7.99. The number of aliphatic hydroxyl groups is 2. The van der Waals surface area contributed by atoms with Crippen molar-refractivity contribution >= 4 is 11.8 Å². The summed E-state index contributed by atoms with van der Waals surface area (Å²) in [6, 6.07) is 17.7. The first-order valence-corrected chi connectivity index (χ1v) is 11.5. The predicted octanol–water partition coefficient (Wildman–Crippen LogP) is 0.903. The van der Waals surface area contributed by atoms with E-state index in [0.29, 0.717) is 13.1 Å². The lowest BCUT2D eigenvalue weighted by Gasteiger charge is -2.03. The Bertz CT molecular complexity index is 1220. The fourth-order valence-electron chi connectivity index (χ4n) is 3.11. The molecule has 0 aliphatic carbocycles. The zero-order valence-electron chi connectivity index (χ0n) is 20.0. The van der Waals surface area contributed by atoms with Crippen LogP contribution in [0.2, 0.25) is 0 Å². The van der Waals surface area contributed by atoms with Gasteiger partial charge >= 0.3 is 0 Å². The van der Waals surface area contributed by atoms with E-state index in [9.17, 15) is 19.8 Å². The monoisotopic (exact) mass is 500 g/mol. The molecule has 0 radical (unpaired) electrons. The van der Waals surface area contributed by atoms with Crippen LogP contribution in [-0.4, -0.2) is 22.0 Å². The Kier molecular flexibility index (Phi) is 10.0. The highest BCUT2D eigenvalue weighted by Crippen LogP contribution is 2.20. The van der Waals surface area contributed by atoms with Gasteiger partial charge in [0.25, 0.3) is 11.8 Å². The van der Waals surface area contributed by atoms with Gasteiger partial charge in [0.1, 0.15) is 11.5 Å². The van der Waals surface area contributed by atoms with Crippen LogP contribution in [0.4, 0.5) is 0 Å². The highest BCUT2D eigenvalue weighted by molar-refractivity contribution is 5.93. The molecule has 3 aromatic rings. The summed E-state index contributed by atoms with van der Waals surface area (Å²) in [6.45, 7) is 1.43. The Morgan fingerprint density at radius 1 is 0.676 bits per heavy atom. The molecule has 0 aliphatic heterocycles. The van der Waals surface area contributed by atoms with E-state index >= 15 is 0 Å². The molecule has 3 rings (SSSR count). The van der Waals surface area contributed by atoms with Gasteiger partial charge in [0.05, 0.1) is 0 Å². The van der Waals surface area contributed by atoms with Crippen LogP contribution in [0.15, 0.2) is 65.1 Å². The summed E-state index contributed by atoms with van der Waals surface area (Å²) in [6.07, 6.45) is -2.78. The third kappa shape index (κ3) is 8.65. The van der Waals surface area contributed by atoms with Gasteiger partial charge in [-0.2, -0.15) is 0 Å². The van der Waals surface area contributed by atoms with Crippen molar-refractivity contribution in [3.63, 3.8) is 0 Å². The third-order valence-corrected chi connectivity index (χ3v) is 5.25. The molecule has 0 saturated carbocycles. The van der Waals surface area contributed by atoms with Gasteiger partial charge in [-0.1, -0.05) is 60.4 Å². The molecule has 37 heavy (non-hydrogen) atoms. The van der Waals surface area contributed by atoms with Crippen molar-refractivity contribution in [2.75, 3.05) is 0 Å². The van der Waals surface area contributed by atoms with Gasteiger partial charge in [-0.3, -0.25) is 9.59 Å². The van der Waals surface area contributed by atoms with E-state index in [1.54, 1.807) is 0 Å². The van der Waals surface area contributed by atoms with Gasteiger partial charge in [0.2, 0.25) is 0 Å². The topological polar surface area (TPSA) is 164 Å². The van der Waals surface area contributed by atoms with E-state index in [1.807, 2.05) is 48.5 Å². The Morgan fingerprint density at radius 2 is 1.03 bits per heavy atom. The van der Waals surface area contributed by atoms with E-state index in [1.165, 1.54) is 12.1 Å². The summed E-state index contributed by atoms with van der Waals surface area (Å²) in [5, 5.41) is 25.6. The first-order valence-electron chi connectivity index (χ1n) is 11.5. The van der Waals surface area contributed by atoms with E-state index in [4.69, 9.17) is 15.9 Å². The molecule has 9 heteroatoms. The van der Waals surface area contributed by atoms with Crippen LogP contribution in [0.25, 0.3) is 0 Å². The van der Waals surface area contributed by atoms with Crippen molar-refractivity contribution in [1.29, 1.82) is 0 Å². The number of hydrogen-bond donors (Lipinski definition) is 6. The Labute approximate surface area is 214 Å². The maximum atomic E-state index is 12.0. The number of carbonyl (C=O) groups is 2. The van der Waals surface area contributed by atoms with E-state index in [2.05, 4.69) is 34.3 Å². The van der Waals surface area contributed by atoms with E-state index < -0.39 is 24.0 Å². The molecule has 0 spiro atoms. The van der Waals surface area contributed by atoms with Crippen molar-refractivity contribution in [1.82, 2.24) is 10.6 Å². The van der Waals surface area contributed by atoms with Crippen molar-refractivity contribution in [3.05, 3.63) is 94.4 Å². The summed E-state index contributed by atoms with van der Waals surface area (Å²) < 4.78 is 5.39. The maximum absolute atomic E-state index is 12.0. The molecule has 2 aromatic carbocycles. The number of furan rings is 1. The Hall–Kier alpha value is -4.38. The third-order valence-electron chi connectivity index (χ3n) is 5.25. The molecular weight excluding hydrogens is 472 g/mol. The first-order chi connectivity index (χ1) is 17.9. The van der Waals surface area contributed by atoms with Crippen molar-refractivity contribution in [2.45, 2.75) is 38.4 Å². The van der Waals surface area contributed by atoms with Crippen LogP contribution in [-0.2, 0) is 35.8 Å². The standard InChI is InChI=1S/C28H28N4O5/c29-15-19-1-5-21(6-2-19)17-31-27(35)13-9-23(33)25-11-12-26(37-25)24(34)10-14-28(36)32-18-22-7-3-20(16-30)4-8-22/h1-8,11-12,23-24,33-34H,15-18,29-30H2,(H,31,35)(H,32,36). The molecule has 2 unspecified atom stereocenters. The molecular formula is C28H28N4O5. The highest BCUT2D eigenvalue weighted by atomic mass is 16.4. The number of carbonyl (C=O) groups excluding carboxylic acids is 2. The van der Waals surface area contributed by atoms with Crippen molar-refractivity contribution < 1.29 is 24.2 Å². The average molecular weight is 501 g/mol. The molecule has 8 N–H and O–H groups in total. The molecule has 2 amide bonds. The largest absolute Gasteiger partial charge is 0.458 e. The van der Waals surface area contributed by atoms with Gasteiger partial charge in [0, 0.05) is 26.2 Å². The molecule has 0 bridgehead atoms. The summed E-state index contributed by atoms with van der Waals surface area (Å²) >= 11 is 0. The smallest absolute Gasteiger partial charge is 0.296 e. The quantitative estimate of drug-likeness (QED) is 0.250. The van der Waals surface area contributed by atoms with Crippen LogP contribution < -0.4 is 22.1 Å². The molecule has 0 aliphatic rings. The Morgan fingerprint density at radius 3 is 1.38 bits per heavy atom. The minimum Gasteiger partial charge on any atom is -0.458 e. The number of rotatable bonds is 8. The first kappa shape index (κ1) is 27.2. The van der Waals surface area contributed by atoms with Crippen molar-refractivity contribution in [2.24, 2.45) is 11.5 Å². The van der Waals surface area contributed by atoms with E-state index in [-0.39, 0.29) is 24.6 Å². The lowest BCUT2D eigenvalue weighted by Crippen LogP contribution is -2.21. The number of aliphatic hydroxyl groups excluding tert-OH is 2. The molecule has 190 valence electrons. The van der Waals surface area contributed by atoms with Gasteiger partial charge in [-0.25, -0.2) is 0 Å². The Balaban J connectivity index is 1.47. The zero-order valence-corrected chi connectivity index (χ0v) is 20.0. The highest BCUT2D eigenvalue weighted by Gasteiger charge is 2.14. The summed E-state index contributed by atoms with van der Waals surface area (Å²) in [7, 11) is 0. The molecule has 9 nitrogen and oxygen atoms in total. The number of amides is 2. The average Bonchev–Trinajstić information content (AvgIpc) is 3.43. The predicted molar refractivity (Wildman–Crippen MR) is 137 cm³/mol. The van der Waals surface area contributed by atoms with Crippen LogP contribution in [0, 0.1) is 23.7 Å². The number of nitrogens with two attached hydrogens (primary N) is 2. The normalized spacial score (nSPS) is 11.8. The number of nitrogens with one attached hydrogen (secondary N) is 2. The zero-order chi connectivity index (χ0) is 26.6. The SMILES string of the molecule is NCc1ccc(CNC(=O)C#CC(O)c2ccc(C(O)C#CC(=O)NCc3ccc(CN)cc3)o2)cc1.